The van der Waals surface area contributed by atoms with Crippen molar-refractivity contribution < 1.29 is 9.90 Å². The summed E-state index contributed by atoms with van der Waals surface area (Å²) >= 11 is 1.31. The predicted molar refractivity (Wildman–Crippen MR) is 68.7 cm³/mol. The van der Waals surface area contributed by atoms with Crippen molar-refractivity contribution in [2.45, 2.75) is 0 Å². The Kier molecular flexibility index (Phi) is 2.71. The molecule has 5 nitrogen and oxygen atoms in total. The monoisotopic (exact) mass is 261 g/mol. The van der Waals surface area contributed by atoms with E-state index in [1.807, 2.05) is 35.2 Å². The number of hydrogen-bond acceptors (Lipinski definition) is 5. The number of carbonyl (C=O) groups is 1. The van der Waals surface area contributed by atoms with E-state index in [9.17, 15) is 4.79 Å². The third-order valence-electron chi connectivity index (χ3n) is 2.95. The van der Waals surface area contributed by atoms with E-state index in [4.69, 9.17) is 5.11 Å². The van der Waals surface area contributed by atoms with E-state index in [1.165, 1.54) is 11.5 Å². The highest BCUT2D eigenvalue weighted by Gasteiger charge is 2.34. The van der Waals surface area contributed by atoms with Crippen molar-refractivity contribution in [3.8, 4) is 11.4 Å². The molecule has 0 radical (unpaired) electrons. The third kappa shape index (κ3) is 1.95. The van der Waals surface area contributed by atoms with Gasteiger partial charge in [0.05, 0.1) is 5.92 Å². The van der Waals surface area contributed by atoms with Gasteiger partial charge in [-0.3, -0.25) is 4.79 Å². The highest BCUT2D eigenvalue weighted by molar-refractivity contribution is 7.09. The molecule has 1 aromatic carbocycles. The van der Waals surface area contributed by atoms with Gasteiger partial charge in [-0.1, -0.05) is 30.3 Å². The average Bonchev–Trinajstić information content (AvgIpc) is 2.77. The molecule has 1 aromatic heterocycles. The molecule has 0 amide bonds. The normalized spacial score (nSPS) is 15.4. The molecule has 2 heterocycles. The molecule has 1 fully saturated rings. The van der Waals surface area contributed by atoms with E-state index in [1.54, 1.807) is 0 Å². The fourth-order valence-electron chi connectivity index (χ4n) is 1.84. The molecule has 0 unspecified atom stereocenters. The predicted octanol–water partition coefficient (Wildman–Crippen LogP) is 1.73. The van der Waals surface area contributed by atoms with Gasteiger partial charge in [0.15, 0.2) is 5.82 Å². The van der Waals surface area contributed by atoms with Crippen LogP contribution in [0.15, 0.2) is 30.3 Å². The van der Waals surface area contributed by atoms with E-state index in [0.29, 0.717) is 18.9 Å². The summed E-state index contributed by atoms with van der Waals surface area (Å²) in [4.78, 5) is 17.1. The van der Waals surface area contributed by atoms with E-state index in [-0.39, 0.29) is 5.92 Å². The van der Waals surface area contributed by atoms with Crippen LogP contribution in [-0.4, -0.2) is 33.5 Å². The summed E-state index contributed by atoms with van der Waals surface area (Å²) in [5.41, 5.74) is 0.982. The fourth-order valence-corrected chi connectivity index (χ4v) is 2.55. The van der Waals surface area contributed by atoms with Gasteiger partial charge in [-0.05, 0) is 0 Å². The Balaban J connectivity index is 1.74. The first-order valence-electron chi connectivity index (χ1n) is 5.61. The maximum Gasteiger partial charge on any atom is 0.310 e. The molecule has 92 valence electrons. The molecule has 0 bridgehead atoms. The Morgan fingerprint density at radius 3 is 2.72 bits per heavy atom. The Morgan fingerprint density at radius 1 is 1.33 bits per heavy atom. The molecule has 1 aliphatic rings. The highest BCUT2D eigenvalue weighted by Crippen LogP contribution is 2.29. The molecule has 2 aromatic rings. The summed E-state index contributed by atoms with van der Waals surface area (Å²) in [6.45, 7) is 1.05. The summed E-state index contributed by atoms with van der Waals surface area (Å²) in [7, 11) is 0. The maximum absolute atomic E-state index is 10.7. The van der Waals surface area contributed by atoms with E-state index in [0.717, 1.165) is 10.7 Å². The van der Waals surface area contributed by atoms with Gasteiger partial charge in [0.1, 0.15) is 0 Å². The Hall–Kier alpha value is -1.95. The van der Waals surface area contributed by atoms with Crippen molar-refractivity contribution in [2.24, 2.45) is 5.92 Å². The van der Waals surface area contributed by atoms with Crippen LogP contribution >= 0.6 is 11.5 Å². The molecule has 1 saturated heterocycles. The summed E-state index contributed by atoms with van der Waals surface area (Å²) in [6.07, 6.45) is 0. The second kappa shape index (κ2) is 4.38. The third-order valence-corrected chi connectivity index (χ3v) is 3.73. The number of carboxylic acids is 1. The van der Waals surface area contributed by atoms with Gasteiger partial charge in [0, 0.05) is 30.2 Å². The smallest absolute Gasteiger partial charge is 0.310 e. The average molecular weight is 261 g/mol. The SMILES string of the molecule is O=C(O)C1CN(c2nc(-c3ccccc3)ns2)C1. The van der Waals surface area contributed by atoms with Crippen molar-refractivity contribution in [1.82, 2.24) is 9.36 Å². The van der Waals surface area contributed by atoms with Crippen molar-refractivity contribution >= 4 is 22.6 Å². The minimum absolute atomic E-state index is 0.269. The van der Waals surface area contributed by atoms with Crippen LogP contribution in [0.3, 0.4) is 0 Å². The van der Waals surface area contributed by atoms with Gasteiger partial charge in [0.2, 0.25) is 5.13 Å². The van der Waals surface area contributed by atoms with Crippen LogP contribution < -0.4 is 4.90 Å². The molecule has 1 aliphatic heterocycles. The molecular weight excluding hydrogens is 250 g/mol. The van der Waals surface area contributed by atoms with E-state index >= 15 is 0 Å². The zero-order valence-corrected chi connectivity index (χ0v) is 10.3. The molecule has 0 spiro atoms. The molecule has 0 atom stereocenters. The Labute approximate surface area is 108 Å². The Bertz CT molecular complexity index is 564. The van der Waals surface area contributed by atoms with Crippen LogP contribution in [0.2, 0.25) is 0 Å². The molecule has 0 aliphatic carbocycles. The minimum Gasteiger partial charge on any atom is -0.481 e. The van der Waals surface area contributed by atoms with Crippen molar-refractivity contribution in [2.75, 3.05) is 18.0 Å². The van der Waals surface area contributed by atoms with Crippen molar-refractivity contribution in [3.05, 3.63) is 30.3 Å². The van der Waals surface area contributed by atoms with Crippen molar-refractivity contribution in [1.29, 1.82) is 0 Å². The lowest BCUT2D eigenvalue weighted by Gasteiger charge is -2.35. The zero-order valence-electron chi connectivity index (χ0n) is 9.48. The van der Waals surface area contributed by atoms with Gasteiger partial charge < -0.3 is 10.0 Å². The van der Waals surface area contributed by atoms with Gasteiger partial charge in [-0.25, -0.2) is 0 Å². The maximum atomic E-state index is 10.7. The molecule has 0 saturated carbocycles. The van der Waals surface area contributed by atoms with Gasteiger partial charge in [-0.15, -0.1) is 0 Å². The summed E-state index contributed by atoms with van der Waals surface area (Å²) in [5, 5.41) is 9.62. The van der Waals surface area contributed by atoms with Crippen LogP contribution in [0, 0.1) is 5.92 Å². The first-order valence-corrected chi connectivity index (χ1v) is 6.38. The second-order valence-electron chi connectivity index (χ2n) is 4.21. The van der Waals surface area contributed by atoms with Crippen molar-refractivity contribution in [3.63, 3.8) is 0 Å². The number of aromatic nitrogens is 2. The number of aliphatic carboxylic acids is 1. The lowest BCUT2D eigenvalue weighted by atomic mass is 10.0. The molecule has 3 rings (SSSR count). The number of nitrogens with zero attached hydrogens (tertiary/aromatic N) is 3. The largest absolute Gasteiger partial charge is 0.481 e. The second-order valence-corrected chi connectivity index (χ2v) is 4.94. The highest BCUT2D eigenvalue weighted by atomic mass is 32.1. The number of rotatable bonds is 3. The van der Waals surface area contributed by atoms with Crippen LogP contribution in [0.25, 0.3) is 11.4 Å². The molecular formula is C12H11N3O2S. The quantitative estimate of drug-likeness (QED) is 0.911. The fraction of sp³-hybridized carbons (Fsp3) is 0.250. The van der Waals surface area contributed by atoms with E-state index in [2.05, 4.69) is 9.36 Å². The van der Waals surface area contributed by atoms with Crippen LogP contribution in [0.1, 0.15) is 0 Å². The van der Waals surface area contributed by atoms with E-state index < -0.39 is 5.97 Å². The number of benzene rings is 1. The van der Waals surface area contributed by atoms with Crippen LogP contribution in [0.4, 0.5) is 5.13 Å². The molecule has 1 N–H and O–H groups in total. The first-order chi connectivity index (χ1) is 8.74. The minimum atomic E-state index is -0.737. The van der Waals surface area contributed by atoms with Gasteiger partial charge in [0.25, 0.3) is 0 Å². The van der Waals surface area contributed by atoms with Crippen LogP contribution in [-0.2, 0) is 4.79 Å². The van der Waals surface area contributed by atoms with Gasteiger partial charge >= 0.3 is 5.97 Å². The molecule has 18 heavy (non-hydrogen) atoms. The number of hydrogen-bond donors (Lipinski definition) is 1. The lowest BCUT2D eigenvalue weighted by molar-refractivity contribution is -0.142. The summed E-state index contributed by atoms with van der Waals surface area (Å²) in [5.74, 6) is -0.303. The number of anilines is 1. The zero-order chi connectivity index (χ0) is 12.5. The lowest BCUT2D eigenvalue weighted by Crippen LogP contribution is -2.50. The standard InChI is InChI=1S/C12H11N3O2S/c16-11(17)9-6-15(7-9)12-13-10(14-18-12)8-4-2-1-3-5-8/h1-5,9H,6-7H2,(H,16,17). The Morgan fingerprint density at radius 2 is 2.06 bits per heavy atom. The molecule has 6 heteroatoms. The topological polar surface area (TPSA) is 66.3 Å². The number of carboxylic acid groups (broad SMARTS) is 1. The van der Waals surface area contributed by atoms with Crippen LogP contribution in [0.5, 0.6) is 0 Å². The first kappa shape index (κ1) is 11.2. The summed E-state index contributed by atoms with van der Waals surface area (Å²) in [6, 6.07) is 9.76. The van der Waals surface area contributed by atoms with Gasteiger partial charge in [-0.2, -0.15) is 9.36 Å². The summed E-state index contributed by atoms with van der Waals surface area (Å²) < 4.78 is 4.30.